The summed E-state index contributed by atoms with van der Waals surface area (Å²) in [5, 5.41) is 29.7. The molecule has 1 unspecified atom stereocenters. The van der Waals surface area contributed by atoms with Gasteiger partial charge in [0.05, 0.1) is 32.0 Å². The van der Waals surface area contributed by atoms with E-state index in [1.54, 1.807) is 49.4 Å². The molecule has 2 saturated heterocycles. The van der Waals surface area contributed by atoms with Crippen molar-refractivity contribution in [1.82, 2.24) is 25.1 Å². The molecule has 0 bridgehead atoms. The van der Waals surface area contributed by atoms with E-state index < -0.39 is 41.2 Å². The zero-order valence-electron chi connectivity index (χ0n) is 33.5. The van der Waals surface area contributed by atoms with E-state index in [1.807, 2.05) is 23.1 Å². The van der Waals surface area contributed by atoms with Gasteiger partial charge >= 0.3 is 0 Å². The largest absolute Gasteiger partial charge is 0.386 e. The van der Waals surface area contributed by atoms with Crippen LogP contribution in [0.3, 0.4) is 0 Å². The van der Waals surface area contributed by atoms with Crippen LogP contribution >= 0.6 is 11.3 Å². The molecule has 8 rings (SSSR count). The van der Waals surface area contributed by atoms with Gasteiger partial charge in [-0.25, -0.2) is 9.97 Å². The number of likely N-dealkylation sites (tertiary alicyclic amines) is 1. The lowest BCUT2D eigenvalue weighted by molar-refractivity contribution is -0.138. The lowest BCUT2D eigenvalue weighted by atomic mass is 9.81. The summed E-state index contributed by atoms with van der Waals surface area (Å²) in [6, 6.07) is 14.3. The minimum absolute atomic E-state index is 0.0363. The molecule has 3 fully saturated rings. The van der Waals surface area contributed by atoms with E-state index in [0.29, 0.717) is 42.5 Å². The Kier molecular flexibility index (Phi) is 11.2. The van der Waals surface area contributed by atoms with E-state index in [1.165, 1.54) is 12.1 Å². The molecular weight excluding hydrogens is 785 g/mol. The van der Waals surface area contributed by atoms with Crippen LogP contribution in [-0.2, 0) is 20.0 Å². The number of hydrogen-bond donors (Lipinski definition) is 4. The molecule has 16 heteroatoms. The standard InChI is InChI=1S/C44H46N8O7S/c1-44(2,59)29-21-33-35(22-32(29)48-38(54)31-8-3-5-27(23-45)47-31)60-40(49-33)25-9-11-26(12-10-25)41(56)51-19-16-24(17-20-51)15-18-46-30-7-4-6-28-37(30)43(58)52(42(28)57)34-13-14-36(53)50-39(34)55/h3-8,21-22,24-26,34,46,59H,9-20H2,1-2H3,(H,48,54)(H,50,53,55). The normalized spacial score (nSPS) is 21.1. The van der Waals surface area contributed by atoms with Crippen LogP contribution < -0.4 is 16.0 Å². The number of nitriles is 1. The first-order chi connectivity index (χ1) is 28.8. The second kappa shape index (κ2) is 16.5. The van der Waals surface area contributed by atoms with Crippen LogP contribution in [0.5, 0.6) is 0 Å². The van der Waals surface area contributed by atoms with Gasteiger partial charge < -0.3 is 20.6 Å². The number of aliphatic hydroxyl groups is 1. The minimum atomic E-state index is -1.27. The molecule has 1 atom stereocenters. The van der Waals surface area contributed by atoms with Crippen molar-refractivity contribution in [2.75, 3.05) is 30.3 Å². The van der Waals surface area contributed by atoms with Crippen LogP contribution in [0, 0.1) is 23.2 Å². The predicted octanol–water partition coefficient (Wildman–Crippen LogP) is 5.46. The number of nitrogens with zero attached hydrogens (tertiary/aromatic N) is 5. The summed E-state index contributed by atoms with van der Waals surface area (Å²) >= 11 is 1.56. The SMILES string of the molecule is CC(C)(O)c1cc2nc(C3CCC(C(=O)N4CCC(CCNc5cccc6c5C(=O)N(C5CCC(=O)NC5=O)C6=O)CC4)CC3)sc2cc1NC(=O)c1cccc(C#N)n1. The fraction of sp³-hybridized carbons (Fsp3) is 0.432. The highest BCUT2D eigenvalue weighted by Crippen LogP contribution is 2.42. The van der Waals surface area contributed by atoms with E-state index in [4.69, 9.17) is 4.98 Å². The summed E-state index contributed by atoms with van der Waals surface area (Å²) in [7, 11) is 0. The summed E-state index contributed by atoms with van der Waals surface area (Å²) in [5.74, 6) is -1.84. The first-order valence-electron chi connectivity index (χ1n) is 20.5. The zero-order chi connectivity index (χ0) is 42.3. The summed E-state index contributed by atoms with van der Waals surface area (Å²) in [6.45, 7) is 5.26. The Balaban J connectivity index is 0.825. The highest BCUT2D eigenvalue weighted by Gasteiger charge is 2.45. The molecule has 4 N–H and O–H groups in total. The summed E-state index contributed by atoms with van der Waals surface area (Å²) in [6.07, 6.45) is 5.97. The maximum atomic E-state index is 13.7. The van der Waals surface area contributed by atoms with Crippen LogP contribution in [0.2, 0.25) is 0 Å². The Bertz CT molecular complexity index is 2450. The number of amides is 6. The highest BCUT2D eigenvalue weighted by molar-refractivity contribution is 7.18. The second-order valence-corrected chi connectivity index (χ2v) is 17.7. The number of carbonyl (C=O) groups excluding carboxylic acids is 6. The number of rotatable bonds is 10. The van der Waals surface area contributed by atoms with Crippen LogP contribution in [0.4, 0.5) is 11.4 Å². The van der Waals surface area contributed by atoms with Gasteiger partial charge in [0.1, 0.15) is 23.5 Å². The Morgan fingerprint density at radius 3 is 2.42 bits per heavy atom. The van der Waals surface area contributed by atoms with E-state index in [9.17, 15) is 39.1 Å². The van der Waals surface area contributed by atoms with Gasteiger partial charge in [-0.05, 0) is 108 Å². The van der Waals surface area contributed by atoms with E-state index in [0.717, 1.165) is 65.1 Å². The molecule has 0 radical (unpaired) electrons. The minimum Gasteiger partial charge on any atom is -0.386 e. The summed E-state index contributed by atoms with van der Waals surface area (Å²) in [5.41, 5.74) is 1.68. The van der Waals surface area contributed by atoms with Gasteiger partial charge in [0.2, 0.25) is 17.7 Å². The molecule has 5 heterocycles. The fourth-order valence-corrected chi connectivity index (χ4v) is 10.1. The van der Waals surface area contributed by atoms with Crippen molar-refractivity contribution in [2.45, 2.75) is 89.2 Å². The van der Waals surface area contributed by atoms with Crippen molar-refractivity contribution in [3.05, 3.63) is 81.6 Å². The molecular formula is C44H46N8O7S. The molecule has 310 valence electrons. The Labute approximate surface area is 350 Å². The molecule has 60 heavy (non-hydrogen) atoms. The van der Waals surface area contributed by atoms with Crippen LogP contribution in [0.25, 0.3) is 10.2 Å². The molecule has 3 aliphatic heterocycles. The number of fused-ring (bicyclic) bond motifs is 2. The number of thiazole rings is 1. The molecule has 2 aromatic carbocycles. The number of nitrogens with one attached hydrogen (secondary N) is 3. The second-order valence-electron chi connectivity index (χ2n) is 16.7. The molecule has 0 spiro atoms. The average Bonchev–Trinajstić information content (AvgIpc) is 3.77. The maximum Gasteiger partial charge on any atom is 0.274 e. The van der Waals surface area contributed by atoms with Crippen molar-refractivity contribution in [1.29, 1.82) is 5.26 Å². The number of carbonyl (C=O) groups is 6. The molecule has 1 aliphatic carbocycles. The molecule has 15 nitrogen and oxygen atoms in total. The van der Waals surface area contributed by atoms with Crippen molar-refractivity contribution in [3.63, 3.8) is 0 Å². The lowest BCUT2D eigenvalue weighted by Crippen LogP contribution is -2.54. The third kappa shape index (κ3) is 8.11. The number of aromatic nitrogens is 2. The molecule has 1 saturated carbocycles. The first-order valence-corrected chi connectivity index (χ1v) is 21.3. The topological polar surface area (TPSA) is 215 Å². The smallest absolute Gasteiger partial charge is 0.274 e. The Hall–Kier alpha value is -6.05. The number of pyridine rings is 1. The van der Waals surface area contributed by atoms with Crippen molar-refractivity contribution in [2.24, 2.45) is 11.8 Å². The molecule has 4 aromatic rings. The number of hydrogen-bond acceptors (Lipinski definition) is 12. The van der Waals surface area contributed by atoms with Crippen LogP contribution in [-0.4, -0.2) is 86.0 Å². The van der Waals surface area contributed by atoms with Gasteiger partial charge in [0.15, 0.2) is 0 Å². The van der Waals surface area contributed by atoms with Crippen LogP contribution in [0.15, 0.2) is 48.5 Å². The monoisotopic (exact) mass is 830 g/mol. The van der Waals surface area contributed by atoms with Gasteiger partial charge in [0.25, 0.3) is 17.7 Å². The van der Waals surface area contributed by atoms with Crippen molar-refractivity contribution < 1.29 is 33.9 Å². The fourth-order valence-electron chi connectivity index (χ4n) is 8.95. The molecule has 6 amide bonds. The first kappa shape index (κ1) is 40.7. The van der Waals surface area contributed by atoms with Crippen LogP contribution in [0.1, 0.15) is 125 Å². The zero-order valence-corrected chi connectivity index (χ0v) is 34.3. The summed E-state index contributed by atoms with van der Waals surface area (Å²) < 4.78 is 0.871. The van der Waals surface area contributed by atoms with Crippen molar-refractivity contribution in [3.8, 4) is 6.07 Å². The van der Waals surface area contributed by atoms with Gasteiger partial charge in [-0.1, -0.05) is 12.1 Å². The molecule has 2 aromatic heterocycles. The van der Waals surface area contributed by atoms with E-state index >= 15 is 0 Å². The number of anilines is 2. The number of benzene rings is 2. The molecule has 4 aliphatic rings. The number of imide groups is 2. The van der Waals surface area contributed by atoms with Gasteiger partial charge in [-0.2, -0.15) is 5.26 Å². The van der Waals surface area contributed by atoms with Gasteiger partial charge in [-0.3, -0.25) is 39.0 Å². The highest BCUT2D eigenvalue weighted by atomic mass is 32.1. The van der Waals surface area contributed by atoms with E-state index in [2.05, 4.69) is 20.9 Å². The third-order valence-corrected chi connectivity index (χ3v) is 13.4. The third-order valence-electron chi connectivity index (χ3n) is 12.2. The van der Waals surface area contributed by atoms with Gasteiger partial charge in [0, 0.05) is 54.8 Å². The van der Waals surface area contributed by atoms with Crippen molar-refractivity contribution >= 4 is 68.4 Å². The quantitative estimate of drug-likeness (QED) is 0.147. The maximum absolute atomic E-state index is 13.7. The summed E-state index contributed by atoms with van der Waals surface area (Å²) in [4.78, 5) is 89.6. The van der Waals surface area contributed by atoms with E-state index in [-0.39, 0.29) is 53.1 Å². The lowest BCUT2D eigenvalue weighted by Gasteiger charge is -2.36. The Morgan fingerprint density at radius 2 is 1.70 bits per heavy atom. The average molecular weight is 831 g/mol. The van der Waals surface area contributed by atoms with Gasteiger partial charge in [-0.15, -0.1) is 11.3 Å². The Morgan fingerprint density at radius 1 is 0.950 bits per heavy atom. The number of piperidine rings is 2. The predicted molar refractivity (Wildman–Crippen MR) is 222 cm³/mol.